The van der Waals surface area contributed by atoms with E-state index in [1.54, 1.807) is 14.0 Å². The second-order valence-corrected chi connectivity index (χ2v) is 4.61. The van der Waals surface area contributed by atoms with Crippen LogP contribution in [0.1, 0.15) is 12.5 Å². The summed E-state index contributed by atoms with van der Waals surface area (Å²) in [5.41, 5.74) is 1.88. The second kappa shape index (κ2) is 5.88. The van der Waals surface area contributed by atoms with Crippen molar-refractivity contribution in [1.29, 1.82) is 0 Å². The first kappa shape index (κ1) is 12.2. The molecule has 1 atom stereocenters. The normalized spacial score (nSPS) is 12.2. The summed E-state index contributed by atoms with van der Waals surface area (Å²) in [4.78, 5) is 11.2. The zero-order chi connectivity index (χ0) is 11.3. The molecule has 0 fully saturated rings. The van der Waals surface area contributed by atoms with Gasteiger partial charge >= 0.3 is 0 Å². The standard InChI is InChI=1S/C11H14BrNO2/c1-8(12)11(14)13-10-5-3-9(4-6-10)7-15-2/h3-6,8H,7H2,1-2H3,(H,13,14). The molecule has 0 aliphatic rings. The summed E-state index contributed by atoms with van der Waals surface area (Å²) in [6.45, 7) is 2.37. The number of carbonyl (C=O) groups excluding carboxylic acids is 1. The molecule has 1 rings (SSSR count). The highest BCUT2D eigenvalue weighted by Gasteiger charge is 2.07. The van der Waals surface area contributed by atoms with Crippen LogP contribution in [0.3, 0.4) is 0 Å². The SMILES string of the molecule is COCc1ccc(NC(=O)C(C)Br)cc1. The third kappa shape index (κ3) is 4.01. The van der Waals surface area contributed by atoms with Crippen LogP contribution >= 0.6 is 15.9 Å². The monoisotopic (exact) mass is 271 g/mol. The quantitative estimate of drug-likeness (QED) is 0.855. The van der Waals surface area contributed by atoms with Gasteiger partial charge in [0.15, 0.2) is 0 Å². The Labute approximate surface area is 97.9 Å². The Morgan fingerprint density at radius 1 is 1.47 bits per heavy atom. The van der Waals surface area contributed by atoms with Crippen LogP contribution in [-0.2, 0) is 16.1 Å². The average Bonchev–Trinajstić information content (AvgIpc) is 2.21. The molecule has 15 heavy (non-hydrogen) atoms. The van der Waals surface area contributed by atoms with Crippen LogP contribution in [0, 0.1) is 0 Å². The molecule has 0 aromatic heterocycles. The molecule has 0 saturated carbocycles. The van der Waals surface area contributed by atoms with Gasteiger partial charge in [-0.3, -0.25) is 4.79 Å². The molecule has 0 aliphatic heterocycles. The minimum atomic E-state index is -0.184. The van der Waals surface area contributed by atoms with E-state index >= 15 is 0 Å². The van der Waals surface area contributed by atoms with Crippen LogP contribution in [0.15, 0.2) is 24.3 Å². The molecule has 1 amide bonds. The van der Waals surface area contributed by atoms with Crippen molar-refractivity contribution < 1.29 is 9.53 Å². The van der Waals surface area contributed by atoms with Gasteiger partial charge in [-0.05, 0) is 24.6 Å². The van der Waals surface area contributed by atoms with E-state index in [2.05, 4.69) is 21.2 Å². The van der Waals surface area contributed by atoms with E-state index in [0.717, 1.165) is 11.3 Å². The fourth-order valence-corrected chi connectivity index (χ4v) is 1.21. The van der Waals surface area contributed by atoms with Crippen LogP contribution in [0.4, 0.5) is 5.69 Å². The molecule has 0 aliphatic carbocycles. The smallest absolute Gasteiger partial charge is 0.237 e. The molecule has 82 valence electrons. The molecule has 0 heterocycles. The molecule has 3 nitrogen and oxygen atoms in total. The summed E-state index contributed by atoms with van der Waals surface area (Å²) < 4.78 is 4.99. The molecule has 0 bridgehead atoms. The predicted octanol–water partition coefficient (Wildman–Crippen LogP) is 2.55. The summed E-state index contributed by atoms with van der Waals surface area (Å²) in [5.74, 6) is -0.0468. The van der Waals surface area contributed by atoms with Crippen molar-refractivity contribution in [3.8, 4) is 0 Å². The Bertz CT molecular complexity index is 322. The number of hydrogen-bond donors (Lipinski definition) is 1. The zero-order valence-electron chi connectivity index (χ0n) is 8.79. The number of halogens is 1. The van der Waals surface area contributed by atoms with Crippen LogP contribution in [0.5, 0.6) is 0 Å². The molecule has 1 aromatic carbocycles. The van der Waals surface area contributed by atoms with Crippen molar-refractivity contribution in [2.24, 2.45) is 0 Å². The van der Waals surface area contributed by atoms with Gasteiger partial charge < -0.3 is 10.1 Å². The zero-order valence-corrected chi connectivity index (χ0v) is 10.4. The second-order valence-electron chi connectivity index (χ2n) is 3.24. The van der Waals surface area contributed by atoms with Crippen molar-refractivity contribution in [1.82, 2.24) is 0 Å². The lowest BCUT2D eigenvalue weighted by atomic mass is 10.2. The number of alkyl halides is 1. The molecule has 0 saturated heterocycles. The first-order valence-electron chi connectivity index (χ1n) is 4.66. The number of nitrogens with one attached hydrogen (secondary N) is 1. The highest BCUT2D eigenvalue weighted by atomic mass is 79.9. The van der Waals surface area contributed by atoms with Gasteiger partial charge in [-0.2, -0.15) is 0 Å². The lowest BCUT2D eigenvalue weighted by Gasteiger charge is -2.07. The summed E-state index contributed by atoms with van der Waals surface area (Å²) in [7, 11) is 1.65. The van der Waals surface area contributed by atoms with E-state index in [0.29, 0.717) is 6.61 Å². The van der Waals surface area contributed by atoms with E-state index < -0.39 is 0 Å². The Kier molecular flexibility index (Phi) is 4.78. The minimum Gasteiger partial charge on any atom is -0.380 e. The maximum Gasteiger partial charge on any atom is 0.237 e. The van der Waals surface area contributed by atoms with Gasteiger partial charge in [0.2, 0.25) is 5.91 Å². The molecule has 1 aromatic rings. The fourth-order valence-electron chi connectivity index (χ4n) is 1.09. The Hall–Kier alpha value is -0.870. The molecular formula is C11H14BrNO2. The number of anilines is 1. The number of carbonyl (C=O) groups is 1. The van der Waals surface area contributed by atoms with Crippen LogP contribution in [-0.4, -0.2) is 17.8 Å². The van der Waals surface area contributed by atoms with E-state index in [1.807, 2.05) is 24.3 Å². The third-order valence-electron chi connectivity index (χ3n) is 1.89. The van der Waals surface area contributed by atoms with E-state index in [9.17, 15) is 4.79 Å². The van der Waals surface area contributed by atoms with Gasteiger partial charge in [-0.1, -0.05) is 28.1 Å². The van der Waals surface area contributed by atoms with Crippen molar-refractivity contribution in [3.63, 3.8) is 0 Å². The number of ether oxygens (including phenoxy) is 1. The molecule has 1 N–H and O–H groups in total. The number of rotatable bonds is 4. The van der Waals surface area contributed by atoms with Crippen molar-refractivity contribution in [3.05, 3.63) is 29.8 Å². The topological polar surface area (TPSA) is 38.3 Å². The summed E-state index contributed by atoms with van der Waals surface area (Å²) in [6.07, 6.45) is 0. The molecule has 1 unspecified atom stereocenters. The largest absolute Gasteiger partial charge is 0.380 e. The lowest BCUT2D eigenvalue weighted by molar-refractivity contribution is -0.115. The van der Waals surface area contributed by atoms with Gasteiger partial charge in [0.05, 0.1) is 11.4 Å². The minimum absolute atomic E-state index is 0.0468. The van der Waals surface area contributed by atoms with Crippen LogP contribution < -0.4 is 5.32 Å². The number of hydrogen-bond acceptors (Lipinski definition) is 2. The number of amides is 1. The van der Waals surface area contributed by atoms with Gasteiger partial charge in [0.25, 0.3) is 0 Å². The van der Waals surface area contributed by atoms with Crippen molar-refractivity contribution in [2.45, 2.75) is 18.4 Å². The van der Waals surface area contributed by atoms with Gasteiger partial charge in [-0.25, -0.2) is 0 Å². The summed E-state index contributed by atoms with van der Waals surface area (Å²) in [6, 6.07) is 7.58. The van der Waals surface area contributed by atoms with Crippen molar-refractivity contribution in [2.75, 3.05) is 12.4 Å². The van der Waals surface area contributed by atoms with Gasteiger partial charge in [0.1, 0.15) is 0 Å². The maximum absolute atomic E-state index is 11.3. The molecule has 0 spiro atoms. The predicted molar refractivity (Wildman–Crippen MR) is 64.2 cm³/mol. The van der Waals surface area contributed by atoms with Gasteiger partial charge in [-0.15, -0.1) is 0 Å². The molecular weight excluding hydrogens is 258 g/mol. The van der Waals surface area contributed by atoms with Crippen LogP contribution in [0.25, 0.3) is 0 Å². The Morgan fingerprint density at radius 2 is 2.07 bits per heavy atom. The first-order valence-corrected chi connectivity index (χ1v) is 5.58. The molecule has 4 heteroatoms. The summed E-state index contributed by atoms with van der Waals surface area (Å²) in [5, 5.41) is 2.78. The van der Waals surface area contributed by atoms with Crippen molar-refractivity contribution >= 4 is 27.5 Å². The highest BCUT2D eigenvalue weighted by molar-refractivity contribution is 9.10. The highest BCUT2D eigenvalue weighted by Crippen LogP contribution is 2.11. The van der Waals surface area contributed by atoms with E-state index in [4.69, 9.17) is 4.74 Å². The first-order chi connectivity index (χ1) is 7.13. The lowest BCUT2D eigenvalue weighted by Crippen LogP contribution is -2.19. The third-order valence-corrected chi connectivity index (χ3v) is 2.31. The fraction of sp³-hybridized carbons (Fsp3) is 0.364. The molecule has 0 radical (unpaired) electrons. The van der Waals surface area contributed by atoms with Crippen LogP contribution in [0.2, 0.25) is 0 Å². The Balaban J connectivity index is 2.60. The summed E-state index contributed by atoms with van der Waals surface area (Å²) >= 11 is 3.20. The number of methoxy groups -OCH3 is 1. The maximum atomic E-state index is 11.3. The number of benzene rings is 1. The average molecular weight is 272 g/mol. The van der Waals surface area contributed by atoms with E-state index in [-0.39, 0.29) is 10.7 Å². The van der Waals surface area contributed by atoms with Gasteiger partial charge in [0, 0.05) is 12.8 Å². The van der Waals surface area contributed by atoms with E-state index in [1.165, 1.54) is 0 Å². The Morgan fingerprint density at radius 3 is 2.53 bits per heavy atom.